The summed E-state index contributed by atoms with van der Waals surface area (Å²) in [6.45, 7) is 4.57. The number of nitrogens with zero attached hydrogens (tertiary/aromatic N) is 1. The third-order valence-corrected chi connectivity index (χ3v) is 4.30. The van der Waals surface area contributed by atoms with Crippen LogP contribution >= 0.6 is 0 Å². The summed E-state index contributed by atoms with van der Waals surface area (Å²) < 4.78 is 5.65. The van der Waals surface area contributed by atoms with E-state index in [2.05, 4.69) is 23.2 Å². The van der Waals surface area contributed by atoms with E-state index >= 15 is 0 Å². The van der Waals surface area contributed by atoms with Crippen molar-refractivity contribution in [1.29, 1.82) is 0 Å². The summed E-state index contributed by atoms with van der Waals surface area (Å²) >= 11 is 0. The first-order valence-electron chi connectivity index (χ1n) is 8.34. The zero-order valence-electron chi connectivity index (χ0n) is 14.2. The summed E-state index contributed by atoms with van der Waals surface area (Å²) in [5.74, 6) is 0.371. The summed E-state index contributed by atoms with van der Waals surface area (Å²) in [7, 11) is 0. The van der Waals surface area contributed by atoms with Crippen LogP contribution in [0.2, 0.25) is 0 Å². The van der Waals surface area contributed by atoms with Gasteiger partial charge in [-0.15, -0.1) is 0 Å². The normalized spacial score (nSPS) is 17.4. The van der Waals surface area contributed by atoms with Crippen molar-refractivity contribution in [3.8, 4) is 5.75 Å². The maximum absolute atomic E-state index is 9.97. The monoisotopic (exact) mass is 321 g/mol. The minimum absolute atomic E-state index is 0.195. The lowest BCUT2D eigenvalue weighted by atomic mass is 9.98. The molecule has 0 bridgehead atoms. The number of phenols is 1. The Labute approximate surface area is 143 Å². The number of benzene rings is 1. The van der Waals surface area contributed by atoms with E-state index in [-0.39, 0.29) is 6.10 Å². The van der Waals surface area contributed by atoms with Gasteiger partial charge < -0.3 is 9.84 Å². The van der Waals surface area contributed by atoms with Crippen LogP contribution in [-0.4, -0.2) is 22.8 Å². The lowest BCUT2D eigenvalue weighted by Gasteiger charge is -2.12. The number of ether oxygens (including phenoxy) is 1. The number of phenolic OH excluding ortho intramolecular Hbond substituents is 1. The van der Waals surface area contributed by atoms with Gasteiger partial charge in [0.1, 0.15) is 5.75 Å². The van der Waals surface area contributed by atoms with Crippen LogP contribution in [0.25, 0.3) is 11.6 Å². The Bertz CT molecular complexity index is 740. The van der Waals surface area contributed by atoms with E-state index < -0.39 is 0 Å². The standard InChI is InChI=1S/C21H23NO2/c1-15-12-17(13-16(2)21(15)23)14-18(20-7-3-4-10-22-20)8-9-19-6-5-11-24-19/h3-7,10,12-14,19,23H,8-9,11H2,1-2H3/b18-14-/t19-/m0/s1. The Morgan fingerprint density at radius 2 is 2.08 bits per heavy atom. The lowest BCUT2D eigenvalue weighted by Crippen LogP contribution is -2.04. The quantitative estimate of drug-likeness (QED) is 0.813. The molecule has 0 amide bonds. The molecule has 0 radical (unpaired) electrons. The van der Waals surface area contributed by atoms with Gasteiger partial charge in [0.25, 0.3) is 0 Å². The SMILES string of the molecule is Cc1cc(/C=C(/CC[C@@H]2C=CCO2)c2ccccn2)cc(C)c1O. The Kier molecular flexibility index (Phi) is 5.11. The van der Waals surface area contributed by atoms with E-state index in [4.69, 9.17) is 4.74 Å². The lowest BCUT2D eigenvalue weighted by molar-refractivity contribution is 0.123. The van der Waals surface area contributed by atoms with Crippen LogP contribution < -0.4 is 0 Å². The number of rotatable bonds is 5. The number of allylic oxidation sites excluding steroid dienone is 1. The van der Waals surface area contributed by atoms with Gasteiger partial charge >= 0.3 is 0 Å². The summed E-state index contributed by atoms with van der Waals surface area (Å²) in [4.78, 5) is 4.51. The van der Waals surface area contributed by atoms with Crippen LogP contribution in [0.5, 0.6) is 5.75 Å². The van der Waals surface area contributed by atoms with Gasteiger partial charge in [0, 0.05) is 6.20 Å². The summed E-state index contributed by atoms with van der Waals surface area (Å²) in [6.07, 6.45) is 10.2. The van der Waals surface area contributed by atoms with Crippen molar-refractivity contribution in [1.82, 2.24) is 4.98 Å². The molecule has 1 N–H and O–H groups in total. The predicted octanol–water partition coefficient (Wildman–Crippen LogP) is 4.68. The molecule has 1 aliphatic rings. The van der Waals surface area contributed by atoms with Gasteiger partial charge in [0.15, 0.2) is 0 Å². The minimum atomic E-state index is 0.195. The topological polar surface area (TPSA) is 42.4 Å². The molecule has 0 spiro atoms. The first kappa shape index (κ1) is 16.5. The molecule has 0 saturated heterocycles. The molecule has 2 heterocycles. The van der Waals surface area contributed by atoms with Crippen LogP contribution in [0.3, 0.4) is 0 Å². The molecule has 3 rings (SSSR count). The van der Waals surface area contributed by atoms with Crippen molar-refractivity contribution in [2.45, 2.75) is 32.8 Å². The van der Waals surface area contributed by atoms with E-state index in [9.17, 15) is 5.11 Å². The molecule has 1 aromatic carbocycles. The number of pyridine rings is 1. The highest BCUT2D eigenvalue weighted by Crippen LogP contribution is 2.28. The van der Waals surface area contributed by atoms with Gasteiger partial charge in [-0.2, -0.15) is 0 Å². The van der Waals surface area contributed by atoms with E-state index in [0.29, 0.717) is 12.4 Å². The van der Waals surface area contributed by atoms with Crippen molar-refractivity contribution in [2.24, 2.45) is 0 Å². The van der Waals surface area contributed by atoms with Gasteiger partial charge in [0.2, 0.25) is 0 Å². The van der Waals surface area contributed by atoms with Crippen molar-refractivity contribution in [3.05, 3.63) is 71.1 Å². The Balaban J connectivity index is 1.89. The van der Waals surface area contributed by atoms with E-state index in [0.717, 1.165) is 35.2 Å². The second-order valence-electron chi connectivity index (χ2n) is 6.23. The minimum Gasteiger partial charge on any atom is -0.507 e. The fraction of sp³-hybridized carbons (Fsp3) is 0.286. The third-order valence-electron chi connectivity index (χ3n) is 4.30. The average Bonchev–Trinajstić information content (AvgIpc) is 3.10. The highest BCUT2D eigenvalue weighted by Gasteiger charge is 2.12. The van der Waals surface area contributed by atoms with Gasteiger partial charge in [-0.25, -0.2) is 0 Å². The molecule has 2 aromatic rings. The molecule has 0 saturated carbocycles. The molecule has 0 aliphatic carbocycles. The Morgan fingerprint density at radius 3 is 2.71 bits per heavy atom. The summed E-state index contributed by atoms with van der Waals surface area (Å²) in [5.41, 5.74) is 5.05. The molecule has 1 aromatic heterocycles. The number of hydrogen-bond acceptors (Lipinski definition) is 3. The number of aromatic nitrogens is 1. The van der Waals surface area contributed by atoms with Gasteiger partial charge in [-0.05, 0) is 79.3 Å². The van der Waals surface area contributed by atoms with Gasteiger partial charge in [0.05, 0.1) is 18.4 Å². The van der Waals surface area contributed by atoms with E-state index in [1.165, 1.54) is 5.57 Å². The largest absolute Gasteiger partial charge is 0.507 e. The molecule has 0 fully saturated rings. The van der Waals surface area contributed by atoms with Gasteiger partial charge in [-0.3, -0.25) is 4.98 Å². The number of aryl methyl sites for hydroxylation is 2. The van der Waals surface area contributed by atoms with Crippen LogP contribution in [0.4, 0.5) is 0 Å². The highest BCUT2D eigenvalue weighted by atomic mass is 16.5. The van der Waals surface area contributed by atoms with Crippen molar-refractivity contribution >= 4 is 11.6 Å². The molecule has 124 valence electrons. The predicted molar refractivity (Wildman–Crippen MR) is 97.8 cm³/mol. The number of aromatic hydroxyl groups is 1. The van der Waals surface area contributed by atoms with Gasteiger partial charge in [-0.1, -0.05) is 18.2 Å². The maximum atomic E-state index is 9.97. The van der Waals surface area contributed by atoms with Crippen LogP contribution in [0.1, 0.15) is 35.2 Å². The summed E-state index contributed by atoms with van der Waals surface area (Å²) in [5, 5.41) is 9.97. The van der Waals surface area contributed by atoms with Crippen molar-refractivity contribution < 1.29 is 9.84 Å². The molecule has 24 heavy (non-hydrogen) atoms. The second-order valence-corrected chi connectivity index (χ2v) is 6.23. The van der Waals surface area contributed by atoms with Crippen molar-refractivity contribution in [2.75, 3.05) is 6.61 Å². The molecule has 3 heteroatoms. The highest BCUT2D eigenvalue weighted by molar-refractivity contribution is 5.80. The van der Waals surface area contributed by atoms with Crippen LogP contribution in [-0.2, 0) is 4.74 Å². The fourth-order valence-electron chi connectivity index (χ4n) is 3.02. The fourth-order valence-corrected chi connectivity index (χ4v) is 3.02. The zero-order valence-corrected chi connectivity index (χ0v) is 14.2. The zero-order chi connectivity index (χ0) is 16.9. The van der Waals surface area contributed by atoms with E-state index in [1.807, 2.05) is 50.4 Å². The first-order valence-corrected chi connectivity index (χ1v) is 8.34. The Morgan fingerprint density at radius 1 is 1.29 bits per heavy atom. The second kappa shape index (κ2) is 7.45. The first-order chi connectivity index (χ1) is 11.6. The molecule has 1 atom stereocenters. The molecule has 1 aliphatic heterocycles. The molecule has 3 nitrogen and oxygen atoms in total. The van der Waals surface area contributed by atoms with Crippen LogP contribution in [0.15, 0.2) is 48.7 Å². The third kappa shape index (κ3) is 3.92. The molecular formula is C21H23NO2. The smallest absolute Gasteiger partial charge is 0.121 e. The molecular weight excluding hydrogens is 298 g/mol. The van der Waals surface area contributed by atoms with Crippen molar-refractivity contribution in [3.63, 3.8) is 0 Å². The average molecular weight is 321 g/mol. The van der Waals surface area contributed by atoms with Crippen LogP contribution in [0, 0.1) is 13.8 Å². The van der Waals surface area contributed by atoms with E-state index in [1.54, 1.807) is 0 Å². The Hall–Kier alpha value is -2.39. The number of hydrogen-bond donors (Lipinski definition) is 1. The summed E-state index contributed by atoms with van der Waals surface area (Å²) in [6, 6.07) is 10.0. The molecule has 0 unspecified atom stereocenters. The maximum Gasteiger partial charge on any atom is 0.121 e.